The van der Waals surface area contributed by atoms with Gasteiger partial charge in [-0.05, 0) is 42.9 Å². The van der Waals surface area contributed by atoms with Crippen LogP contribution in [-0.4, -0.2) is 12.1 Å². The van der Waals surface area contributed by atoms with Crippen molar-refractivity contribution in [1.29, 1.82) is 0 Å². The maximum Gasteiger partial charge on any atom is 0.0979 e. The number of rotatable bonds is 6. The highest BCUT2D eigenvalue weighted by Gasteiger charge is 2.29. The van der Waals surface area contributed by atoms with Gasteiger partial charge in [0.2, 0.25) is 0 Å². The van der Waals surface area contributed by atoms with Gasteiger partial charge in [-0.1, -0.05) is 61.2 Å². The number of ether oxygens (including phenoxy) is 1. The Morgan fingerprint density at radius 1 is 1.29 bits per heavy atom. The van der Waals surface area contributed by atoms with Crippen LogP contribution in [0, 0.1) is 5.92 Å². The van der Waals surface area contributed by atoms with Crippen LogP contribution in [0.3, 0.4) is 0 Å². The van der Waals surface area contributed by atoms with Crippen LogP contribution in [0.15, 0.2) is 28.7 Å². The minimum absolute atomic E-state index is 0.00431. The number of hydrogen-bond acceptors (Lipinski definition) is 2. The van der Waals surface area contributed by atoms with Crippen LogP contribution < -0.4 is 5.73 Å². The van der Waals surface area contributed by atoms with Crippen molar-refractivity contribution < 1.29 is 4.74 Å². The number of benzene rings is 1. The second-order valence-corrected chi connectivity index (χ2v) is 7.09. The van der Waals surface area contributed by atoms with E-state index in [2.05, 4.69) is 48.0 Å². The first kappa shape index (κ1) is 17.0. The third-order valence-corrected chi connectivity index (χ3v) is 5.22. The molecule has 21 heavy (non-hydrogen) atoms. The lowest BCUT2D eigenvalue weighted by Gasteiger charge is -2.36. The molecule has 2 nitrogen and oxygen atoms in total. The Labute approximate surface area is 137 Å². The summed E-state index contributed by atoms with van der Waals surface area (Å²) in [6.07, 6.45) is 7.62. The molecule has 0 aliphatic heterocycles. The summed E-state index contributed by atoms with van der Waals surface area (Å²) in [5.74, 6) is 0.692. The first-order chi connectivity index (χ1) is 10.2. The van der Waals surface area contributed by atoms with Crippen LogP contribution in [0.2, 0.25) is 0 Å². The predicted molar refractivity (Wildman–Crippen MR) is 92.3 cm³/mol. The zero-order chi connectivity index (χ0) is 15.2. The van der Waals surface area contributed by atoms with Crippen LogP contribution >= 0.6 is 15.9 Å². The van der Waals surface area contributed by atoms with Gasteiger partial charge in [0.15, 0.2) is 0 Å². The molecule has 1 aliphatic rings. The lowest BCUT2D eigenvalue weighted by molar-refractivity contribution is -0.0725. The van der Waals surface area contributed by atoms with Gasteiger partial charge in [-0.2, -0.15) is 0 Å². The van der Waals surface area contributed by atoms with E-state index in [1.807, 2.05) is 6.07 Å². The molecule has 0 radical (unpaired) electrons. The molecule has 0 bridgehead atoms. The van der Waals surface area contributed by atoms with Gasteiger partial charge in [0.25, 0.3) is 0 Å². The standard InChI is InChI=1S/C18H28BrNO/c1-3-13-8-5-6-11-17(13)21-18(16(20)4-2)14-9-7-10-15(19)12-14/h7,9-10,12-13,16-18H,3-6,8,11,20H2,1-2H3. The second-order valence-electron chi connectivity index (χ2n) is 6.18. The molecule has 0 saturated heterocycles. The molecule has 1 saturated carbocycles. The molecule has 118 valence electrons. The summed E-state index contributed by atoms with van der Waals surface area (Å²) >= 11 is 3.56. The largest absolute Gasteiger partial charge is 0.368 e. The topological polar surface area (TPSA) is 35.2 Å². The van der Waals surface area contributed by atoms with Crippen molar-refractivity contribution in [1.82, 2.24) is 0 Å². The molecule has 1 aromatic rings. The number of hydrogen-bond donors (Lipinski definition) is 1. The molecule has 1 aromatic carbocycles. The molecular weight excluding hydrogens is 326 g/mol. The normalized spacial score (nSPS) is 25.5. The Balaban J connectivity index is 2.16. The van der Waals surface area contributed by atoms with Gasteiger partial charge in [-0.25, -0.2) is 0 Å². The molecule has 0 aromatic heterocycles. The second kappa shape index (κ2) is 8.30. The summed E-state index contributed by atoms with van der Waals surface area (Å²) < 4.78 is 7.63. The van der Waals surface area contributed by atoms with E-state index in [4.69, 9.17) is 10.5 Å². The van der Waals surface area contributed by atoms with Crippen LogP contribution in [0.4, 0.5) is 0 Å². The van der Waals surface area contributed by atoms with E-state index in [0.29, 0.717) is 12.0 Å². The minimum atomic E-state index is 0.00431. The summed E-state index contributed by atoms with van der Waals surface area (Å²) in [6.45, 7) is 4.41. The lowest BCUT2D eigenvalue weighted by atomic mass is 9.84. The average Bonchev–Trinajstić information content (AvgIpc) is 2.52. The molecule has 0 heterocycles. The van der Waals surface area contributed by atoms with E-state index in [1.165, 1.54) is 37.7 Å². The highest BCUT2D eigenvalue weighted by Crippen LogP contribution is 2.34. The van der Waals surface area contributed by atoms with Gasteiger partial charge < -0.3 is 10.5 Å². The van der Waals surface area contributed by atoms with E-state index in [0.717, 1.165) is 10.9 Å². The van der Waals surface area contributed by atoms with E-state index >= 15 is 0 Å². The van der Waals surface area contributed by atoms with Crippen molar-refractivity contribution >= 4 is 15.9 Å². The third kappa shape index (κ3) is 4.54. The summed E-state index contributed by atoms with van der Waals surface area (Å²) in [6, 6.07) is 8.45. The molecule has 3 heteroatoms. The molecular formula is C18H28BrNO. The van der Waals surface area contributed by atoms with E-state index in [-0.39, 0.29) is 12.1 Å². The zero-order valence-electron chi connectivity index (χ0n) is 13.2. The van der Waals surface area contributed by atoms with Crippen LogP contribution in [0.25, 0.3) is 0 Å². The van der Waals surface area contributed by atoms with E-state index in [1.54, 1.807) is 0 Å². The molecule has 0 spiro atoms. The van der Waals surface area contributed by atoms with Gasteiger partial charge >= 0.3 is 0 Å². The van der Waals surface area contributed by atoms with E-state index in [9.17, 15) is 0 Å². The maximum absolute atomic E-state index is 6.54. The zero-order valence-corrected chi connectivity index (χ0v) is 14.8. The minimum Gasteiger partial charge on any atom is -0.368 e. The SMILES string of the molecule is CCC(N)C(OC1CCCCC1CC)c1cccc(Br)c1. The molecule has 0 amide bonds. The Kier molecular flexibility index (Phi) is 6.72. The highest BCUT2D eigenvalue weighted by molar-refractivity contribution is 9.10. The smallest absolute Gasteiger partial charge is 0.0979 e. The monoisotopic (exact) mass is 353 g/mol. The molecule has 1 fully saturated rings. The molecule has 2 rings (SSSR count). The van der Waals surface area contributed by atoms with Crippen molar-refractivity contribution in [3.8, 4) is 0 Å². The average molecular weight is 354 g/mol. The Bertz CT molecular complexity index is 437. The fourth-order valence-corrected chi connectivity index (χ4v) is 3.75. The van der Waals surface area contributed by atoms with Gasteiger partial charge in [0.1, 0.15) is 0 Å². The summed E-state index contributed by atoms with van der Waals surface area (Å²) in [5.41, 5.74) is 7.56. The summed E-state index contributed by atoms with van der Waals surface area (Å²) in [4.78, 5) is 0. The Morgan fingerprint density at radius 3 is 2.71 bits per heavy atom. The number of nitrogens with two attached hydrogens (primary N) is 1. The summed E-state index contributed by atoms with van der Waals surface area (Å²) in [5, 5.41) is 0. The molecule has 4 unspecified atom stereocenters. The molecule has 4 atom stereocenters. The predicted octanol–water partition coefficient (Wildman–Crippen LogP) is 5.21. The van der Waals surface area contributed by atoms with Crippen molar-refractivity contribution in [3.63, 3.8) is 0 Å². The first-order valence-electron chi connectivity index (χ1n) is 8.32. The lowest BCUT2D eigenvalue weighted by Crippen LogP contribution is -2.36. The van der Waals surface area contributed by atoms with Crippen LogP contribution in [0.5, 0.6) is 0 Å². The van der Waals surface area contributed by atoms with Gasteiger partial charge in [-0.3, -0.25) is 0 Å². The van der Waals surface area contributed by atoms with Gasteiger partial charge in [0.05, 0.1) is 12.2 Å². The van der Waals surface area contributed by atoms with Gasteiger partial charge in [0, 0.05) is 10.5 Å². The maximum atomic E-state index is 6.54. The quantitative estimate of drug-likeness (QED) is 0.761. The Hall–Kier alpha value is -0.380. The van der Waals surface area contributed by atoms with Crippen molar-refractivity contribution in [2.75, 3.05) is 0 Å². The van der Waals surface area contributed by atoms with Crippen molar-refractivity contribution in [2.24, 2.45) is 11.7 Å². The third-order valence-electron chi connectivity index (χ3n) is 4.72. The Morgan fingerprint density at radius 2 is 2.05 bits per heavy atom. The number of halogens is 1. The van der Waals surface area contributed by atoms with Crippen molar-refractivity contribution in [3.05, 3.63) is 34.3 Å². The fraction of sp³-hybridized carbons (Fsp3) is 0.667. The van der Waals surface area contributed by atoms with E-state index < -0.39 is 0 Å². The van der Waals surface area contributed by atoms with Crippen molar-refractivity contribution in [2.45, 2.75) is 70.6 Å². The summed E-state index contributed by atoms with van der Waals surface area (Å²) in [7, 11) is 0. The molecule has 1 aliphatic carbocycles. The van der Waals surface area contributed by atoms with Crippen LogP contribution in [-0.2, 0) is 4.74 Å². The fourth-order valence-electron chi connectivity index (χ4n) is 3.33. The van der Waals surface area contributed by atoms with Gasteiger partial charge in [-0.15, -0.1) is 0 Å². The highest BCUT2D eigenvalue weighted by atomic mass is 79.9. The first-order valence-corrected chi connectivity index (χ1v) is 9.11. The molecule has 2 N–H and O–H groups in total. The van der Waals surface area contributed by atoms with Crippen LogP contribution in [0.1, 0.15) is 64.0 Å².